The first kappa shape index (κ1) is 57.8. The number of hydrogen-bond donors (Lipinski definition) is 2. The van der Waals surface area contributed by atoms with Gasteiger partial charge in [-0.25, -0.2) is 0 Å². The molecule has 7 heteroatoms. The maximum absolute atomic E-state index is 12.6. The monoisotopic (exact) mass is 838 g/mol. The van der Waals surface area contributed by atoms with E-state index in [4.69, 9.17) is 9.47 Å². The Morgan fingerprint density at radius 3 is 1.17 bits per heavy atom. The smallest absolute Gasteiger partial charge is 0.305 e. The molecule has 3 unspecified atom stereocenters. The van der Waals surface area contributed by atoms with Crippen LogP contribution in [-0.2, 0) is 19.1 Å². The van der Waals surface area contributed by atoms with E-state index in [1.54, 1.807) is 0 Å². The minimum absolute atomic E-state index is 0.0347. The van der Waals surface area contributed by atoms with Crippen LogP contribution in [0.2, 0.25) is 0 Å². The number of aliphatic hydroxyl groups excluding tert-OH is 2. The summed E-state index contributed by atoms with van der Waals surface area (Å²) in [6.07, 6.45) is 41.3. The van der Waals surface area contributed by atoms with Crippen molar-refractivity contribution in [2.24, 2.45) is 17.8 Å². The summed E-state index contributed by atoms with van der Waals surface area (Å²) < 4.78 is 11.4. The molecule has 0 aromatic heterocycles. The van der Waals surface area contributed by atoms with Crippen LogP contribution in [0.4, 0.5) is 0 Å². The molecule has 0 saturated carbocycles. The van der Waals surface area contributed by atoms with E-state index >= 15 is 0 Å². The highest BCUT2D eigenvalue weighted by Gasteiger charge is 2.16. The number of carbonyl (C=O) groups is 2. The second-order valence-electron chi connectivity index (χ2n) is 18.4. The lowest BCUT2D eigenvalue weighted by atomic mass is 9.92. The fourth-order valence-corrected chi connectivity index (χ4v) is 8.67. The van der Waals surface area contributed by atoms with E-state index in [1.165, 1.54) is 141 Å². The van der Waals surface area contributed by atoms with Crippen LogP contribution in [0.1, 0.15) is 259 Å². The summed E-state index contributed by atoms with van der Waals surface area (Å²) in [4.78, 5) is 27.6. The zero-order valence-electron chi connectivity index (χ0n) is 40.1. The van der Waals surface area contributed by atoms with Crippen LogP contribution in [0.25, 0.3) is 0 Å². The predicted molar refractivity (Wildman–Crippen MR) is 252 cm³/mol. The number of aliphatic hydroxyl groups is 2. The molecule has 0 saturated heterocycles. The number of esters is 2. The van der Waals surface area contributed by atoms with Gasteiger partial charge in [-0.15, -0.1) is 0 Å². The second-order valence-corrected chi connectivity index (χ2v) is 18.4. The summed E-state index contributed by atoms with van der Waals surface area (Å²) in [5, 5.41) is 19.5. The Morgan fingerprint density at radius 1 is 0.407 bits per heavy atom. The van der Waals surface area contributed by atoms with Gasteiger partial charge in [0.05, 0.1) is 13.2 Å². The van der Waals surface area contributed by atoms with E-state index in [0.717, 1.165) is 96.7 Å². The van der Waals surface area contributed by atoms with Gasteiger partial charge in [0.2, 0.25) is 0 Å². The molecule has 59 heavy (non-hydrogen) atoms. The molecule has 0 aromatic rings. The predicted octanol–water partition coefficient (Wildman–Crippen LogP) is 14.3. The highest BCUT2D eigenvalue weighted by atomic mass is 16.5. The normalized spacial score (nSPS) is 13.2. The van der Waals surface area contributed by atoms with Gasteiger partial charge in [0.15, 0.2) is 0 Å². The van der Waals surface area contributed by atoms with Gasteiger partial charge >= 0.3 is 11.9 Å². The second kappa shape index (κ2) is 46.3. The third-order valence-electron chi connectivity index (χ3n) is 12.7. The summed E-state index contributed by atoms with van der Waals surface area (Å²) >= 11 is 0. The van der Waals surface area contributed by atoms with Gasteiger partial charge in [-0.1, -0.05) is 188 Å². The van der Waals surface area contributed by atoms with Gasteiger partial charge in [-0.2, -0.15) is 0 Å². The highest BCUT2D eigenvalue weighted by molar-refractivity contribution is 5.69. The summed E-state index contributed by atoms with van der Waals surface area (Å²) in [5.41, 5.74) is 0. The van der Waals surface area contributed by atoms with Gasteiger partial charge in [0.25, 0.3) is 0 Å². The minimum Gasteiger partial charge on any atom is -0.466 e. The van der Waals surface area contributed by atoms with E-state index in [9.17, 15) is 19.8 Å². The lowest BCUT2D eigenvalue weighted by molar-refractivity contribution is -0.145. The van der Waals surface area contributed by atoms with E-state index in [-0.39, 0.29) is 31.1 Å². The van der Waals surface area contributed by atoms with Gasteiger partial charge in [-0.05, 0) is 88.6 Å². The summed E-state index contributed by atoms with van der Waals surface area (Å²) in [7, 11) is 0. The van der Waals surface area contributed by atoms with Gasteiger partial charge < -0.3 is 24.6 Å². The van der Waals surface area contributed by atoms with Gasteiger partial charge in [-0.3, -0.25) is 9.59 Å². The molecule has 0 bridgehead atoms. The van der Waals surface area contributed by atoms with Crippen LogP contribution in [0, 0.1) is 17.8 Å². The van der Waals surface area contributed by atoms with Crippen LogP contribution < -0.4 is 0 Å². The molecule has 0 aliphatic rings. The molecule has 352 valence electrons. The fraction of sp³-hybridized carbons (Fsp3) is 0.962. The van der Waals surface area contributed by atoms with Crippen LogP contribution in [0.15, 0.2) is 0 Å². The number of hydrogen-bond acceptors (Lipinski definition) is 7. The molecule has 0 aliphatic heterocycles. The van der Waals surface area contributed by atoms with Crippen molar-refractivity contribution in [1.82, 2.24) is 4.90 Å². The average Bonchev–Trinajstić information content (AvgIpc) is 3.23. The van der Waals surface area contributed by atoms with E-state index in [1.807, 2.05) is 0 Å². The van der Waals surface area contributed by atoms with Crippen LogP contribution in [0.3, 0.4) is 0 Å². The highest BCUT2D eigenvalue weighted by Crippen LogP contribution is 2.24. The van der Waals surface area contributed by atoms with Crippen LogP contribution in [0.5, 0.6) is 0 Å². The molecule has 0 rings (SSSR count). The molecular formula is C52H103NO6. The first-order valence-corrected chi connectivity index (χ1v) is 26.2. The number of unbranched alkanes of at least 4 members (excludes halogenated alkanes) is 20. The SMILES string of the molecule is CCCCCCCC(CCCCCC)CCOC(=O)CCCCCCN(CCCCCO)CC(CO)CCCCC(=O)OCCC(CCCCCC)CCCCCCC. The number of carbonyl (C=O) groups excluding carboxylic acids is 2. The molecule has 0 radical (unpaired) electrons. The number of ether oxygens (including phenoxy) is 2. The Kier molecular flexibility index (Phi) is 45.4. The third-order valence-corrected chi connectivity index (χ3v) is 12.7. The standard InChI is InChI=1S/C52H103NO6/c1-5-9-13-17-24-34-48(32-22-15-11-7-3)39-44-58-51(56)37-26-19-20-29-41-53(42-30-21-31-43-54)46-50(47-55)36-27-28-38-52(57)59-45-40-49(33-23-16-12-8-4)35-25-18-14-10-6-2/h48-50,54-55H,5-47H2,1-4H3. The van der Waals surface area contributed by atoms with E-state index < -0.39 is 0 Å². The zero-order chi connectivity index (χ0) is 43.3. The van der Waals surface area contributed by atoms with E-state index in [2.05, 4.69) is 32.6 Å². The Morgan fingerprint density at radius 2 is 0.746 bits per heavy atom. The van der Waals surface area contributed by atoms with Crippen molar-refractivity contribution in [3.05, 3.63) is 0 Å². The van der Waals surface area contributed by atoms with Crippen molar-refractivity contribution in [3.63, 3.8) is 0 Å². The quantitative estimate of drug-likeness (QED) is 0.0465. The molecule has 0 aliphatic carbocycles. The molecular weight excluding hydrogens is 735 g/mol. The van der Waals surface area contributed by atoms with Crippen molar-refractivity contribution < 1.29 is 29.3 Å². The van der Waals surface area contributed by atoms with Gasteiger partial charge in [0.1, 0.15) is 0 Å². The summed E-state index contributed by atoms with van der Waals surface area (Å²) in [5.74, 6) is 1.46. The van der Waals surface area contributed by atoms with Crippen molar-refractivity contribution in [2.45, 2.75) is 259 Å². The summed E-state index contributed by atoms with van der Waals surface area (Å²) in [6.45, 7) is 13.4. The maximum Gasteiger partial charge on any atom is 0.305 e. The average molecular weight is 838 g/mol. The Labute approximate surface area is 367 Å². The minimum atomic E-state index is -0.0673. The Balaban J connectivity index is 4.50. The number of nitrogens with zero attached hydrogens (tertiary/aromatic N) is 1. The van der Waals surface area contributed by atoms with Crippen molar-refractivity contribution >= 4 is 11.9 Å². The molecule has 7 nitrogen and oxygen atoms in total. The zero-order valence-corrected chi connectivity index (χ0v) is 40.1. The molecule has 0 heterocycles. The molecule has 0 amide bonds. The molecule has 3 atom stereocenters. The topological polar surface area (TPSA) is 96.3 Å². The maximum atomic E-state index is 12.6. The van der Waals surface area contributed by atoms with Crippen molar-refractivity contribution in [1.29, 1.82) is 0 Å². The first-order chi connectivity index (χ1) is 28.9. The number of rotatable bonds is 48. The van der Waals surface area contributed by atoms with E-state index in [0.29, 0.717) is 37.9 Å². The Bertz CT molecular complexity index is 870. The lowest BCUT2D eigenvalue weighted by Crippen LogP contribution is -2.33. The van der Waals surface area contributed by atoms with Crippen LogP contribution >= 0.6 is 0 Å². The van der Waals surface area contributed by atoms with Crippen molar-refractivity contribution in [2.75, 3.05) is 46.1 Å². The molecule has 0 fully saturated rings. The molecule has 0 aromatic carbocycles. The van der Waals surface area contributed by atoms with Crippen molar-refractivity contribution in [3.8, 4) is 0 Å². The fourth-order valence-electron chi connectivity index (χ4n) is 8.67. The lowest BCUT2D eigenvalue weighted by Gasteiger charge is -2.27. The molecule has 0 spiro atoms. The third kappa shape index (κ3) is 40.6. The first-order valence-electron chi connectivity index (χ1n) is 26.2. The van der Waals surface area contributed by atoms with Crippen LogP contribution in [-0.4, -0.2) is 73.1 Å². The molecule has 2 N–H and O–H groups in total. The van der Waals surface area contributed by atoms with Gasteiger partial charge in [0, 0.05) is 32.6 Å². The Hall–Kier alpha value is -1.18. The largest absolute Gasteiger partial charge is 0.466 e. The summed E-state index contributed by atoms with van der Waals surface area (Å²) in [6, 6.07) is 0.